The van der Waals surface area contributed by atoms with Crippen molar-refractivity contribution in [2.24, 2.45) is 5.92 Å². The summed E-state index contributed by atoms with van der Waals surface area (Å²) in [6.07, 6.45) is 2.64. The second-order valence-electron chi connectivity index (χ2n) is 8.02. The number of esters is 1. The minimum Gasteiger partial charge on any atom is -0.465 e. The molecule has 2 aromatic rings. The van der Waals surface area contributed by atoms with E-state index in [1.807, 2.05) is 35.2 Å². The molecule has 0 bridgehead atoms. The monoisotopic (exact) mass is 422 g/mol. The SMILES string of the molecule is CC1CCN(C(=O)c2ccccc2NC(=O)CCC(=O)OCCc2ccccc2)CC1. The Labute approximate surface area is 183 Å². The summed E-state index contributed by atoms with van der Waals surface area (Å²) in [5, 5.41) is 2.78. The first-order valence-electron chi connectivity index (χ1n) is 10.9. The Kier molecular flexibility index (Phi) is 8.21. The van der Waals surface area contributed by atoms with Crippen LogP contribution in [-0.4, -0.2) is 42.4 Å². The van der Waals surface area contributed by atoms with Gasteiger partial charge in [0.1, 0.15) is 0 Å². The lowest BCUT2D eigenvalue weighted by molar-refractivity contribution is -0.144. The van der Waals surface area contributed by atoms with Gasteiger partial charge in [-0.1, -0.05) is 49.4 Å². The van der Waals surface area contributed by atoms with E-state index in [2.05, 4.69) is 12.2 Å². The van der Waals surface area contributed by atoms with Gasteiger partial charge in [0.25, 0.3) is 5.91 Å². The molecular weight excluding hydrogens is 392 g/mol. The molecular formula is C25H30N2O4. The van der Waals surface area contributed by atoms with E-state index in [-0.39, 0.29) is 31.3 Å². The van der Waals surface area contributed by atoms with Crippen molar-refractivity contribution in [3.05, 3.63) is 65.7 Å². The molecule has 0 aliphatic carbocycles. The summed E-state index contributed by atoms with van der Waals surface area (Å²) in [6.45, 7) is 3.95. The van der Waals surface area contributed by atoms with Gasteiger partial charge in [-0.05, 0) is 36.5 Å². The van der Waals surface area contributed by atoms with Gasteiger partial charge in [-0.3, -0.25) is 14.4 Å². The molecule has 1 aliphatic heterocycles. The van der Waals surface area contributed by atoms with Crippen LogP contribution in [0.2, 0.25) is 0 Å². The minimum atomic E-state index is -0.405. The molecule has 0 saturated carbocycles. The Morgan fingerprint density at radius 3 is 2.39 bits per heavy atom. The number of para-hydroxylation sites is 1. The van der Waals surface area contributed by atoms with Crippen molar-refractivity contribution in [3.8, 4) is 0 Å². The molecule has 3 rings (SSSR count). The summed E-state index contributed by atoms with van der Waals surface area (Å²) >= 11 is 0. The van der Waals surface area contributed by atoms with E-state index in [4.69, 9.17) is 4.74 Å². The van der Waals surface area contributed by atoms with Crippen LogP contribution in [0.15, 0.2) is 54.6 Å². The molecule has 1 N–H and O–H groups in total. The highest BCUT2D eigenvalue weighted by Crippen LogP contribution is 2.22. The van der Waals surface area contributed by atoms with Gasteiger partial charge >= 0.3 is 5.97 Å². The maximum atomic E-state index is 12.9. The van der Waals surface area contributed by atoms with Gasteiger partial charge in [0.05, 0.1) is 24.3 Å². The van der Waals surface area contributed by atoms with Gasteiger partial charge in [0.15, 0.2) is 0 Å². The third kappa shape index (κ3) is 6.95. The Bertz CT molecular complexity index is 889. The average molecular weight is 423 g/mol. The standard InChI is InChI=1S/C25H30N2O4/c1-19-13-16-27(17-14-19)25(30)21-9-5-6-10-22(21)26-23(28)11-12-24(29)31-18-15-20-7-3-2-4-8-20/h2-10,19H,11-18H2,1H3,(H,26,28). The lowest BCUT2D eigenvalue weighted by Crippen LogP contribution is -2.38. The van der Waals surface area contributed by atoms with Gasteiger partial charge in [0, 0.05) is 25.9 Å². The van der Waals surface area contributed by atoms with Gasteiger partial charge in [-0.25, -0.2) is 0 Å². The predicted octanol–water partition coefficient (Wildman–Crippen LogP) is 4.06. The number of carbonyl (C=O) groups is 3. The fourth-order valence-electron chi connectivity index (χ4n) is 3.59. The number of anilines is 1. The Morgan fingerprint density at radius 1 is 0.968 bits per heavy atom. The van der Waals surface area contributed by atoms with Gasteiger partial charge < -0.3 is 15.0 Å². The molecule has 31 heavy (non-hydrogen) atoms. The average Bonchev–Trinajstić information content (AvgIpc) is 2.79. The molecule has 2 aromatic carbocycles. The zero-order valence-electron chi connectivity index (χ0n) is 18.0. The Hall–Kier alpha value is -3.15. The number of rotatable bonds is 8. The number of piperidine rings is 1. The molecule has 164 valence electrons. The number of likely N-dealkylation sites (tertiary alicyclic amines) is 1. The molecule has 0 unspecified atom stereocenters. The number of ether oxygens (including phenoxy) is 1. The van der Waals surface area contributed by atoms with Crippen LogP contribution in [0.25, 0.3) is 0 Å². The van der Waals surface area contributed by atoms with E-state index in [9.17, 15) is 14.4 Å². The van der Waals surface area contributed by atoms with Crippen molar-refractivity contribution >= 4 is 23.5 Å². The molecule has 2 amide bonds. The van der Waals surface area contributed by atoms with E-state index < -0.39 is 5.97 Å². The summed E-state index contributed by atoms with van der Waals surface area (Å²) in [5.41, 5.74) is 2.06. The fraction of sp³-hybridized carbons (Fsp3) is 0.400. The number of nitrogens with zero attached hydrogens (tertiary/aromatic N) is 1. The maximum Gasteiger partial charge on any atom is 0.306 e. The highest BCUT2D eigenvalue weighted by molar-refractivity contribution is 6.04. The Balaban J connectivity index is 1.46. The first-order valence-corrected chi connectivity index (χ1v) is 10.9. The molecule has 1 saturated heterocycles. The van der Waals surface area contributed by atoms with Crippen molar-refractivity contribution in [3.63, 3.8) is 0 Å². The van der Waals surface area contributed by atoms with Crippen molar-refractivity contribution in [2.75, 3.05) is 25.0 Å². The summed E-state index contributed by atoms with van der Waals surface area (Å²) in [6, 6.07) is 16.8. The van der Waals surface area contributed by atoms with Crippen LogP contribution >= 0.6 is 0 Å². The molecule has 6 heteroatoms. The minimum absolute atomic E-state index is 0.000744. The van der Waals surface area contributed by atoms with Crippen LogP contribution in [0.4, 0.5) is 5.69 Å². The van der Waals surface area contributed by atoms with E-state index in [1.165, 1.54) is 0 Å². The van der Waals surface area contributed by atoms with Gasteiger partial charge in [-0.15, -0.1) is 0 Å². The van der Waals surface area contributed by atoms with Crippen molar-refractivity contribution in [2.45, 2.75) is 39.0 Å². The van der Waals surface area contributed by atoms with Gasteiger partial charge in [-0.2, -0.15) is 0 Å². The normalized spacial score (nSPS) is 14.2. The van der Waals surface area contributed by atoms with Crippen molar-refractivity contribution < 1.29 is 19.1 Å². The summed E-state index contributed by atoms with van der Waals surface area (Å²) < 4.78 is 5.22. The lowest BCUT2D eigenvalue weighted by atomic mass is 9.98. The number of amides is 2. The van der Waals surface area contributed by atoms with Crippen LogP contribution in [0, 0.1) is 5.92 Å². The largest absolute Gasteiger partial charge is 0.465 e. The van der Waals surface area contributed by atoms with Crippen LogP contribution in [0.5, 0.6) is 0 Å². The first kappa shape index (κ1) is 22.5. The number of hydrogen-bond donors (Lipinski definition) is 1. The molecule has 1 aliphatic rings. The Morgan fingerprint density at radius 2 is 1.65 bits per heavy atom. The fourth-order valence-corrected chi connectivity index (χ4v) is 3.59. The van der Waals surface area contributed by atoms with Crippen LogP contribution in [0.1, 0.15) is 48.5 Å². The molecule has 1 fully saturated rings. The topological polar surface area (TPSA) is 75.7 Å². The lowest BCUT2D eigenvalue weighted by Gasteiger charge is -2.30. The number of benzene rings is 2. The maximum absolute atomic E-state index is 12.9. The van der Waals surface area contributed by atoms with Crippen LogP contribution in [0.3, 0.4) is 0 Å². The highest BCUT2D eigenvalue weighted by atomic mass is 16.5. The smallest absolute Gasteiger partial charge is 0.306 e. The van der Waals surface area contributed by atoms with Crippen molar-refractivity contribution in [1.82, 2.24) is 4.90 Å². The molecule has 1 heterocycles. The van der Waals surface area contributed by atoms with Crippen LogP contribution < -0.4 is 5.32 Å². The van der Waals surface area contributed by atoms with E-state index in [0.717, 1.165) is 31.5 Å². The van der Waals surface area contributed by atoms with E-state index in [1.54, 1.807) is 24.3 Å². The summed E-state index contributed by atoms with van der Waals surface area (Å²) in [7, 11) is 0. The van der Waals surface area contributed by atoms with Gasteiger partial charge in [0.2, 0.25) is 5.91 Å². The number of carbonyl (C=O) groups excluding carboxylic acids is 3. The molecule has 0 spiro atoms. The quantitative estimate of drug-likeness (QED) is 0.651. The second-order valence-corrected chi connectivity index (χ2v) is 8.02. The third-order valence-electron chi connectivity index (χ3n) is 5.56. The van der Waals surface area contributed by atoms with Crippen LogP contribution in [-0.2, 0) is 20.7 Å². The third-order valence-corrected chi connectivity index (χ3v) is 5.56. The zero-order valence-corrected chi connectivity index (χ0v) is 18.0. The van der Waals surface area contributed by atoms with E-state index >= 15 is 0 Å². The summed E-state index contributed by atoms with van der Waals surface area (Å²) in [5.74, 6) is -0.153. The summed E-state index contributed by atoms with van der Waals surface area (Å²) in [4.78, 5) is 39.1. The van der Waals surface area contributed by atoms with Crippen molar-refractivity contribution in [1.29, 1.82) is 0 Å². The highest BCUT2D eigenvalue weighted by Gasteiger charge is 2.23. The predicted molar refractivity (Wildman–Crippen MR) is 120 cm³/mol. The van der Waals surface area contributed by atoms with E-state index in [0.29, 0.717) is 23.6 Å². The zero-order chi connectivity index (χ0) is 22.1. The molecule has 0 atom stereocenters. The number of nitrogens with one attached hydrogen (secondary N) is 1. The molecule has 0 radical (unpaired) electrons. The second kappa shape index (κ2) is 11.3. The molecule has 0 aromatic heterocycles. The number of hydrogen-bond acceptors (Lipinski definition) is 4. The molecule has 6 nitrogen and oxygen atoms in total. The first-order chi connectivity index (χ1) is 15.0.